The van der Waals surface area contributed by atoms with E-state index in [1.54, 1.807) is 18.2 Å². The fourth-order valence-electron chi connectivity index (χ4n) is 2.12. The smallest absolute Gasteiger partial charge is 0.295 e. The summed E-state index contributed by atoms with van der Waals surface area (Å²) in [6, 6.07) is 6.66. The molecule has 0 unspecified atom stereocenters. The zero-order chi connectivity index (χ0) is 17.4. The average molecular weight is 348 g/mol. The van der Waals surface area contributed by atoms with Gasteiger partial charge in [-0.2, -0.15) is 0 Å². The van der Waals surface area contributed by atoms with E-state index in [1.165, 1.54) is 0 Å². The molecule has 2 aromatic carbocycles. The van der Waals surface area contributed by atoms with Crippen molar-refractivity contribution in [1.29, 1.82) is 0 Å². The lowest BCUT2D eigenvalue weighted by Crippen LogP contribution is -1.93. The molecule has 8 nitrogen and oxygen atoms in total. The average Bonchev–Trinajstić information content (AvgIpc) is 2.84. The molecule has 0 bridgehead atoms. The maximum absolute atomic E-state index is 12.0. The molecular formula is C15H10ClN3O5. The van der Waals surface area contributed by atoms with Gasteiger partial charge in [0.15, 0.2) is 22.9 Å². The number of rotatable bonds is 2. The van der Waals surface area contributed by atoms with Crippen LogP contribution in [0.3, 0.4) is 0 Å². The Morgan fingerprint density at radius 1 is 1.04 bits per heavy atom. The number of phenolic OH excluding ortho intramolecular Hbond substituents is 3. The number of H-pyrrole nitrogens is 1. The van der Waals surface area contributed by atoms with Crippen molar-refractivity contribution in [3.63, 3.8) is 0 Å². The van der Waals surface area contributed by atoms with Gasteiger partial charge in [-0.25, -0.2) is 0 Å². The maximum Gasteiger partial charge on any atom is 0.295 e. The molecule has 1 aromatic heterocycles. The Hall–Kier alpha value is -3.26. The van der Waals surface area contributed by atoms with Crippen LogP contribution in [-0.4, -0.2) is 31.3 Å². The summed E-state index contributed by atoms with van der Waals surface area (Å²) in [6.45, 7) is 0. The number of benzene rings is 2. The number of azo groups is 1. The number of fused-ring (bicyclic) bond motifs is 1. The van der Waals surface area contributed by atoms with E-state index in [2.05, 4.69) is 15.2 Å². The first-order valence-electron chi connectivity index (χ1n) is 6.58. The van der Waals surface area contributed by atoms with Crippen LogP contribution in [0, 0.1) is 0 Å². The molecule has 0 aliphatic heterocycles. The molecule has 122 valence electrons. The van der Waals surface area contributed by atoms with Crippen LogP contribution in [0.5, 0.6) is 23.1 Å². The lowest BCUT2D eigenvalue weighted by molar-refractivity contribution is 0.0994. The summed E-state index contributed by atoms with van der Waals surface area (Å²) < 4.78 is 0. The molecule has 1 heterocycles. The van der Waals surface area contributed by atoms with Crippen molar-refractivity contribution in [1.82, 2.24) is 4.98 Å². The molecule has 0 spiro atoms. The van der Waals surface area contributed by atoms with E-state index in [1.807, 2.05) is 0 Å². The van der Waals surface area contributed by atoms with Gasteiger partial charge >= 0.3 is 0 Å². The van der Waals surface area contributed by atoms with E-state index in [-0.39, 0.29) is 17.1 Å². The predicted molar refractivity (Wildman–Crippen MR) is 85.3 cm³/mol. The van der Waals surface area contributed by atoms with E-state index in [4.69, 9.17) is 11.6 Å². The number of nitrogens with one attached hydrogen (secondary N) is 1. The van der Waals surface area contributed by atoms with E-state index < -0.39 is 23.2 Å². The third-order valence-corrected chi connectivity index (χ3v) is 3.51. The molecular weight excluding hydrogens is 338 g/mol. The molecule has 0 radical (unpaired) electrons. The molecule has 1 amide bonds. The van der Waals surface area contributed by atoms with Crippen molar-refractivity contribution in [2.24, 2.45) is 10.2 Å². The summed E-state index contributed by atoms with van der Waals surface area (Å²) in [5, 5.41) is 46.0. The minimum Gasteiger partial charge on any atom is -0.504 e. The minimum atomic E-state index is -0.892. The Morgan fingerprint density at radius 2 is 1.71 bits per heavy atom. The highest BCUT2D eigenvalue weighted by Gasteiger charge is 2.15. The highest BCUT2D eigenvalue weighted by Crippen LogP contribution is 2.38. The number of amides is 1. The standard InChI is InChI=1S/C15H10ClN3O5/c16-7-1-2-9-8(5-7)12(15(24)17-9)18-19-14(23)6-3-10(20)13(22)11(21)4-6/h1-5,17,20-22,24H. The van der Waals surface area contributed by atoms with E-state index >= 15 is 0 Å². The van der Waals surface area contributed by atoms with Gasteiger partial charge in [-0.1, -0.05) is 11.6 Å². The maximum atomic E-state index is 12.0. The van der Waals surface area contributed by atoms with Gasteiger partial charge in [0, 0.05) is 10.4 Å². The molecule has 24 heavy (non-hydrogen) atoms. The topological polar surface area (TPSA) is 138 Å². The van der Waals surface area contributed by atoms with Crippen molar-refractivity contribution in [2.45, 2.75) is 0 Å². The summed E-state index contributed by atoms with van der Waals surface area (Å²) in [7, 11) is 0. The minimum absolute atomic E-state index is 0.0214. The molecule has 3 rings (SSSR count). The Bertz CT molecular complexity index is 973. The number of carbonyl (C=O) groups is 1. The molecule has 0 saturated heterocycles. The van der Waals surface area contributed by atoms with Crippen LogP contribution in [0.15, 0.2) is 40.6 Å². The number of aromatic hydroxyl groups is 4. The van der Waals surface area contributed by atoms with Gasteiger partial charge in [-0.05, 0) is 30.3 Å². The first-order valence-corrected chi connectivity index (χ1v) is 6.96. The summed E-state index contributed by atoms with van der Waals surface area (Å²) >= 11 is 5.89. The molecule has 9 heteroatoms. The van der Waals surface area contributed by atoms with Crippen LogP contribution in [-0.2, 0) is 0 Å². The highest BCUT2D eigenvalue weighted by atomic mass is 35.5. The van der Waals surface area contributed by atoms with Crippen molar-refractivity contribution in [3.05, 3.63) is 40.9 Å². The predicted octanol–water partition coefficient (Wildman–Crippen LogP) is 3.57. The van der Waals surface area contributed by atoms with Crippen LogP contribution in [0.4, 0.5) is 5.69 Å². The van der Waals surface area contributed by atoms with Crippen molar-refractivity contribution in [2.75, 3.05) is 0 Å². The first kappa shape index (κ1) is 15.6. The Kier molecular flexibility index (Phi) is 3.74. The van der Waals surface area contributed by atoms with Gasteiger partial charge in [0.25, 0.3) is 5.91 Å². The largest absolute Gasteiger partial charge is 0.504 e. The number of phenols is 3. The van der Waals surface area contributed by atoms with Crippen LogP contribution in [0.1, 0.15) is 10.4 Å². The summed E-state index contributed by atoms with van der Waals surface area (Å²) in [5.74, 6) is -3.27. The monoisotopic (exact) mass is 347 g/mol. The molecule has 0 aliphatic rings. The normalized spacial score (nSPS) is 11.4. The number of halogens is 1. The van der Waals surface area contributed by atoms with Gasteiger partial charge in [-0.3, -0.25) is 4.79 Å². The molecule has 5 N–H and O–H groups in total. The third kappa shape index (κ3) is 2.70. The summed E-state index contributed by atoms with van der Waals surface area (Å²) in [6.07, 6.45) is 0. The molecule has 0 fully saturated rings. The second kappa shape index (κ2) is 5.74. The zero-order valence-electron chi connectivity index (χ0n) is 11.9. The fraction of sp³-hybridized carbons (Fsp3) is 0. The fourth-order valence-corrected chi connectivity index (χ4v) is 2.29. The van der Waals surface area contributed by atoms with Crippen molar-refractivity contribution in [3.8, 4) is 23.1 Å². The van der Waals surface area contributed by atoms with Gasteiger partial charge in [0.1, 0.15) is 0 Å². The number of carbonyl (C=O) groups excluding carboxylic acids is 1. The molecule has 0 aliphatic carbocycles. The van der Waals surface area contributed by atoms with Crippen molar-refractivity contribution >= 4 is 34.1 Å². The number of hydrogen-bond acceptors (Lipinski definition) is 6. The van der Waals surface area contributed by atoms with Crippen LogP contribution >= 0.6 is 11.6 Å². The Labute approximate surface area is 139 Å². The van der Waals surface area contributed by atoms with E-state index in [9.17, 15) is 25.2 Å². The number of aromatic amines is 1. The van der Waals surface area contributed by atoms with Gasteiger partial charge in [-0.15, -0.1) is 10.2 Å². The number of aromatic nitrogens is 1. The van der Waals surface area contributed by atoms with E-state index in [0.29, 0.717) is 15.9 Å². The molecule has 3 aromatic rings. The SMILES string of the molecule is O=C(N=Nc1c(O)[nH]c2ccc(Cl)cc12)c1cc(O)c(O)c(O)c1. The lowest BCUT2D eigenvalue weighted by Gasteiger charge is -2.02. The first-order chi connectivity index (χ1) is 11.4. The summed E-state index contributed by atoms with van der Waals surface area (Å²) in [5.41, 5.74) is 0.384. The van der Waals surface area contributed by atoms with Gasteiger partial charge < -0.3 is 25.4 Å². The van der Waals surface area contributed by atoms with Gasteiger partial charge in [0.2, 0.25) is 5.88 Å². The zero-order valence-corrected chi connectivity index (χ0v) is 12.6. The van der Waals surface area contributed by atoms with E-state index in [0.717, 1.165) is 12.1 Å². The number of nitrogens with zero attached hydrogens (tertiary/aromatic N) is 2. The Morgan fingerprint density at radius 3 is 2.38 bits per heavy atom. The second-order valence-corrected chi connectivity index (χ2v) is 5.32. The quantitative estimate of drug-likeness (QED) is 0.356. The van der Waals surface area contributed by atoms with Crippen LogP contribution < -0.4 is 0 Å². The highest BCUT2D eigenvalue weighted by molar-refractivity contribution is 6.31. The lowest BCUT2D eigenvalue weighted by atomic mass is 10.2. The number of hydrogen-bond donors (Lipinski definition) is 5. The third-order valence-electron chi connectivity index (χ3n) is 3.27. The second-order valence-electron chi connectivity index (χ2n) is 4.88. The van der Waals surface area contributed by atoms with Crippen LogP contribution in [0.25, 0.3) is 10.9 Å². The molecule has 0 atom stereocenters. The Balaban J connectivity index is 1.98. The summed E-state index contributed by atoms with van der Waals surface area (Å²) in [4.78, 5) is 14.7. The van der Waals surface area contributed by atoms with Crippen molar-refractivity contribution < 1.29 is 25.2 Å². The van der Waals surface area contributed by atoms with Crippen LogP contribution in [0.2, 0.25) is 5.02 Å². The van der Waals surface area contributed by atoms with Gasteiger partial charge in [0.05, 0.1) is 11.1 Å². The molecule has 0 saturated carbocycles.